The molecular weight excluding hydrogens is 368 g/mol. The zero-order valence-corrected chi connectivity index (χ0v) is 17.0. The van der Waals surface area contributed by atoms with Crippen molar-refractivity contribution in [2.75, 3.05) is 0 Å². The minimum atomic E-state index is -1.84. The Morgan fingerprint density at radius 2 is 1.52 bits per heavy atom. The van der Waals surface area contributed by atoms with Crippen LogP contribution in [0.2, 0.25) is 0 Å². The van der Waals surface area contributed by atoms with Crippen molar-refractivity contribution in [3.05, 3.63) is 71.8 Å². The largest absolute Gasteiger partial charge is 0.458 e. The Balaban J connectivity index is 2.13. The van der Waals surface area contributed by atoms with Crippen molar-refractivity contribution in [3.63, 3.8) is 0 Å². The molecule has 1 aliphatic rings. The Bertz CT molecular complexity index is 961. The zero-order valence-electron chi connectivity index (χ0n) is 17.0. The van der Waals surface area contributed by atoms with Gasteiger partial charge >= 0.3 is 5.97 Å². The molecule has 1 aliphatic heterocycles. The van der Waals surface area contributed by atoms with Gasteiger partial charge in [-0.1, -0.05) is 48.5 Å². The van der Waals surface area contributed by atoms with E-state index in [0.29, 0.717) is 11.3 Å². The number of rotatable bonds is 4. The Morgan fingerprint density at radius 1 is 0.966 bits per heavy atom. The van der Waals surface area contributed by atoms with Crippen molar-refractivity contribution in [2.45, 2.75) is 45.3 Å². The van der Waals surface area contributed by atoms with Gasteiger partial charge in [0.05, 0.1) is 5.71 Å². The topological polar surface area (TPSA) is 76.0 Å². The summed E-state index contributed by atoms with van der Waals surface area (Å²) in [7, 11) is 0. The number of ether oxygens (including phenoxy) is 1. The van der Waals surface area contributed by atoms with E-state index in [1.54, 1.807) is 51.1 Å². The van der Waals surface area contributed by atoms with Crippen LogP contribution in [0.3, 0.4) is 0 Å². The maximum atomic E-state index is 13.3. The summed E-state index contributed by atoms with van der Waals surface area (Å²) in [5.74, 6) is -1.81. The van der Waals surface area contributed by atoms with Crippen molar-refractivity contribution >= 4 is 23.4 Å². The summed E-state index contributed by atoms with van der Waals surface area (Å²) in [6.07, 6.45) is -0.0418. The van der Waals surface area contributed by atoms with E-state index in [9.17, 15) is 14.4 Å². The molecule has 6 heteroatoms. The predicted molar refractivity (Wildman–Crippen MR) is 109 cm³/mol. The predicted octanol–water partition coefficient (Wildman–Crippen LogP) is 3.61. The molecule has 0 bridgehead atoms. The van der Waals surface area contributed by atoms with E-state index in [2.05, 4.69) is 5.10 Å². The molecule has 1 heterocycles. The quantitative estimate of drug-likeness (QED) is 0.588. The van der Waals surface area contributed by atoms with Crippen LogP contribution in [0.5, 0.6) is 0 Å². The summed E-state index contributed by atoms with van der Waals surface area (Å²) >= 11 is 0. The molecule has 0 spiro atoms. The SMILES string of the molecule is CC(=O)C1(C(=O)OC(C)(C)C)CC(c2ccccc2)=NN1C(=O)c1ccccc1. The van der Waals surface area contributed by atoms with Gasteiger partial charge in [-0.3, -0.25) is 9.59 Å². The van der Waals surface area contributed by atoms with Crippen LogP contribution >= 0.6 is 0 Å². The summed E-state index contributed by atoms with van der Waals surface area (Å²) in [4.78, 5) is 39.4. The first-order chi connectivity index (χ1) is 13.6. The number of carbonyl (C=O) groups excluding carboxylic acids is 3. The average Bonchev–Trinajstić information content (AvgIpc) is 3.10. The molecule has 2 aromatic rings. The third kappa shape index (κ3) is 3.97. The highest BCUT2D eigenvalue weighted by Crippen LogP contribution is 2.35. The summed E-state index contributed by atoms with van der Waals surface area (Å²) < 4.78 is 5.56. The van der Waals surface area contributed by atoms with Crippen molar-refractivity contribution in [1.82, 2.24) is 5.01 Å². The number of hydrazone groups is 1. The third-order valence-corrected chi connectivity index (χ3v) is 4.64. The van der Waals surface area contributed by atoms with Crippen LogP contribution in [-0.4, -0.2) is 39.5 Å². The molecule has 6 nitrogen and oxygen atoms in total. The second-order valence-corrected chi connectivity index (χ2v) is 7.99. The van der Waals surface area contributed by atoms with Crippen molar-refractivity contribution < 1.29 is 19.1 Å². The summed E-state index contributed by atoms with van der Waals surface area (Å²) in [6, 6.07) is 17.7. The second kappa shape index (κ2) is 7.62. The Morgan fingerprint density at radius 3 is 2.03 bits per heavy atom. The first kappa shape index (κ1) is 20.5. The summed E-state index contributed by atoms with van der Waals surface area (Å²) in [5.41, 5.74) is -1.11. The molecular formula is C23H24N2O4. The molecule has 29 heavy (non-hydrogen) atoms. The normalized spacial score (nSPS) is 18.9. The number of ketones is 1. The maximum absolute atomic E-state index is 13.3. The Labute approximate surface area is 170 Å². The van der Waals surface area contributed by atoms with Crippen LogP contribution in [0.25, 0.3) is 0 Å². The van der Waals surface area contributed by atoms with E-state index in [4.69, 9.17) is 4.74 Å². The lowest BCUT2D eigenvalue weighted by molar-refractivity contribution is -0.169. The molecule has 2 aromatic carbocycles. The van der Waals surface area contributed by atoms with Gasteiger partial charge in [-0.05, 0) is 45.4 Å². The number of Topliss-reactive ketones (excluding diaryl/α,β-unsaturated/α-hetero) is 1. The van der Waals surface area contributed by atoms with Gasteiger partial charge in [-0.15, -0.1) is 0 Å². The van der Waals surface area contributed by atoms with Gasteiger partial charge in [0.15, 0.2) is 5.78 Å². The van der Waals surface area contributed by atoms with Crippen molar-refractivity contribution in [3.8, 4) is 0 Å². The van der Waals surface area contributed by atoms with Crippen LogP contribution < -0.4 is 0 Å². The standard InChI is InChI=1S/C23H24N2O4/c1-16(26)23(21(28)29-22(2,3)4)15-19(17-11-7-5-8-12-17)24-25(23)20(27)18-13-9-6-10-14-18/h5-14H,15H2,1-4H3. The fourth-order valence-corrected chi connectivity index (χ4v) is 3.21. The number of amides is 1. The lowest BCUT2D eigenvalue weighted by atomic mass is 9.86. The molecule has 3 rings (SSSR count). The molecule has 0 saturated heterocycles. The number of carbonyl (C=O) groups is 3. The van der Waals surface area contributed by atoms with Gasteiger partial charge in [0.25, 0.3) is 5.91 Å². The fraction of sp³-hybridized carbons (Fsp3) is 0.304. The van der Waals surface area contributed by atoms with Gasteiger partial charge < -0.3 is 4.74 Å². The van der Waals surface area contributed by atoms with E-state index >= 15 is 0 Å². The van der Waals surface area contributed by atoms with Crippen LogP contribution in [-0.2, 0) is 14.3 Å². The second-order valence-electron chi connectivity index (χ2n) is 7.99. The Hall–Kier alpha value is -3.28. The van der Waals surface area contributed by atoms with Crippen molar-refractivity contribution in [1.29, 1.82) is 0 Å². The minimum Gasteiger partial charge on any atom is -0.458 e. The van der Waals surface area contributed by atoms with Crippen LogP contribution in [0.4, 0.5) is 0 Å². The zero-order chi connectivity index (χ0) is 21.2. The molecule has 0 aliphatic carbocycles. The smallest absolute Gasteiger partial charge is 0.342 e. The fourth-order valence-electron chi connectivity index (χ4n) is 3.21. The number of benzene rings is 2. The first-order valence-corrected chi connectivity index (χ1v) is 9.42. The van der Waals surface area contributed by atoms with E-state index in [0.717, 1.165) is 10.6 Å². The third-order valence-electron chi connectivity index (χ3n) is 4.64. The molecule has 0 aromatic heterocycles. The molecule has 0 N–H and O–H groups in total. The highest BCUT2D eigenvalue weighted by Gasteiger charge is 2.58. The summed E-state index contributed by atoms with van der Waals surface area (Å²) in [6.45, 7) is 6.45. The van der Waals surface area contributed by atoms with Crippen LogP contribution in [0, 0.1) is 0 Å². The van der Waals surface area contributed by atoms with E-state index in [-0.39, 0.29) is 6.42 Å². The highest BCUT2D eigenvalue weighted by atomic mass is 16.6. The van der Waals surface area contributed by atoms with E-state index < -0.39 is 28.8 Å². The lowest BCUT2D eigenvalue weighted by Crippen LogP contribution is -2.59. The summed E-state index contributed by atoms with van der Waals surface area (Å²) in [5, 5.41) is 5.44. The van der Waals surface area contributed by atoms with Gasteiger partial charge in [-0.25, -0.2) is 9.80 Å². The Kier molecular flexibility index (Phi) is 5.38. The average molecular weight is 392 g/mol. The molecule has 1 amide bonds. The van der Waals surface area contributed by atoms with Crippen molar-refractivity contribution in [2.24, 2.45) is 5.10 Å². The molecule has 1 atom stereocenters. The van der Waals surface area contributed by atoms with Crippen LogP contribution in [0.15, 0.2) is 65.8 Å². The van der Waals surface area contributed by atoms with Crippen LogP contribution in [0.1, 0.15) is 50.0 Å². The lowest BCUT2D eigenvalue weighted by Gasteiger charge is -2.34. The highest BCUT2D eigenvalue weighted by molar-refractivity contribution is 6.19. The monoisotopic (exact) mass is 392 g/mol. The number of hydrogen-bond acceptors (Lipinski definition) is 5. The molecule has 1 unspecified atom stereocenters. The molecule has 150 valence electrons. The molecule has 0 fully saturated rings. The van der Waals surface area contributed by atoms with Gasteiger partial charge in [0.1, 0.15) is 5.60 Å². The molecule has 0 saturated carbocycles. The van der Waals surface area contributed by atoms with Gasteiger partial charge in [-0.2, -0.15) is 5.10 Å². The van der Waals surface area contributed by atoms with E-state index in [1.807, 2.05) is 30.3 Å². The van der Waals surface area contributed by atoms with Gasteiger partial charge in [0.2, 0.25) is 5.54 Å². The van der Waals surface area contributed by atoms with Gasteiger partial charge in [0, 0.05) is 12.0 Å². The number of nitrogens with zero attached hydrogens (tertiary/aromatic N) is 2. The van der Waals surface area contributed by atoms with E-state index in [1.165, 1.54) is 6.92 Å². The first-order valence-electron chi connectivity index (χ1n) is 9.42. The molecule has 0 radical (unpaired) electrons. The maximum Gasteiger partial charge on any atom is 0.342 e. The number of hydrogen-bond donors (Lipinski definition) is 0. The minimum absolute atomic E-state index is 0.0418. The number of esters is 1.